The van der Waals surface area contributed by atoms with Crippen molar-refractivity contribution in [3.05, 3.63) is 29.8 Å². The zero-order valence-electron chi connectivity index (χ0n) is 13.3. The first-order valence-electron chi connectivity index (χ1n) is 7.34. The van der Waals surface area contributed by atoms with Crippen LogP contribution in [0.25, 0.3) is 0 Å². The van der Waals surface area contributed by atoms with E-state index in [1.807, 2.05) is 13.0 Å². The fourth-order valence-electron chi connectivity index (χ4n) is 2.41. The third-order valence-electron chi connectivity index (χ3n) is 3.50. The molecule has 1 fully saturated rings. The molecule has 0 bridgehead atoms. The van der Waals surface area contributed by atoms with Crippen LogP contribution in [0.3, 0.4) is 0 Å². The Morgan fingerprint density at radius 3 is 2.71 bits per heavy atom. The van der Waals surface area contributed by atoms with Crippen LogP contribution in [-0.4, -0.2) is 45.8 Å². The van der Waals surface area contributed by atoms with Crippen LogP contribution in [0.1, 0.15) is 18.9 Å². The number of hydrogen-bond donors (Lipinski definition) is 2. The molecule has 1 aliphatic rings. The number of rotatable bonds is 6. The van der Waals surface area contributed by atoms with Gasteiger partial charge < -0.3 is 10.4 Å². The van der Waals surface area contributed by atoms with E-state index in [0.29, 0.717) is 5.69 Å². The Bertz CT molecular complexity index is 691. The lowest BCUT2D eigenvalue weighted by Gasteiger charge is -2.17. The number of imide groups is 1. The number of carbonyl (C=O) groups excluding carboxylic acids is 3. The van der Waals surface area contributed by atoms with Crippen molar-refractivity contribution in [2.45, 2.75) is 31.6 Å². The molecule has 0 saturated carbocycles. The molecule has 2 atom stereocenters. The van der Waals surface area contributed by atoms with Crippen LogP contribution in [0, 0.1) is 6.92 Å². The van der Waals surface area contributed by atoms with Crippen molar-refractivity contribution in [3.8, 4) is 0 Å². The van der Waals surface area contributed by atoms with Gasteiger partial charge in [0.1, 0.15) is 6.04 Å². The molecule has 7 nitrogen and oxygen atoms in total. The fourth-order valence-corrected chi connectivity index (χ4v) is 3.56. The van der Waals surface area contributed by atoms with E-state index in [0.717, 1.165) is 22.2 Å². The number of carbonyl (C=O) groups is 4. The number of aryl methyl sites for hydroxylation is 1. The summed E-state index contributed by atoms with van der Waals surface area (Å²) in [6.45, 7) is 3.09. The van der Waals surface area contributed by atoms with E-state index in [1.54, 1.807) is 18.2 Å². The molecule has 2 rings (SSSR count). The van der Waals surface area contributed by atoms with Gasteiger partial charge >= 0.3 is 5.97 Å². The topological polar surface area (TPSA) is 104 Å². The van der Waals surface area contributed by atoms with Gasteiger partial charge in [-0.25, -0.2) is 9.69 Å². The van der Waals surface area contributed by atoms with Crippen molar-refractivity contribution in [3.63, 3.8) is 0 Å². The Kier molecular flexibility index (Phi) is 5.61. The number of nitrogens with one attached hydrogen (secondary N) is 1. The van der Waals surface area contributed by atoms with Gasteiger partial charge in [-0.1, -0.05) is 12.1 Å². The second-order valence-electron chi connectivity index (χ2n) is 5.52. The van der Waals surface area contributed by atoms with Crippen LogP contribution in [0.4, 0.5) is 5.69 Å². The fraction of sp³-hybridized carbons (Fsp3) is 0.375. The van der Waals surface area contributed by atoms with Gasteiger partial charge in [-0.3, -0.25) is 14.4 Å². The molecule has 0 radical (unpaired) electrons. The first-order valence-corrected chi connectivity index (χ1v) is 8.39. The van der Waals surface area contributed by atoms with Crippen LogP contribution in [0.2, 0.25) is 0 Å². The zero-order valence-corrected chi connectivity index (χ0v) is 14.1. The molecule has 0 aliphatic carbocycles. The summed E-state index contributed by atoms with van der Waals surface area (Å²) in [5.74, 6) is -2.29. The smallest absolute Gasteiger partial charge is 0.327 e. The molecular weight excluding hydrogens is 332 g/mol. The highest BCUT2D eigenvalue weighted by atomic mass is 32.2. The van der Waals surface area contributed by atoms with Gasteiger partial charge in [0.25, 0.3) is 0 Å². The predicted molar refractivity (Wildman–Crippen MR) is 89.8 cm³/mol. The quantitative estimate of drug-likeness (QED) is 0.740. The number of carboxylic acids is 1. The van der Waals surface area contributed by atoms with Gasteiger partial charge in [-0.2, -0.15) is 0 Å². The number of hydrogen-bond acceptors (Lipinski definition) is 5. The average molecular weight is 350 g/mol. The molecule has 0 spiro atoms. The van der Waals surface area contributed by atoms with Crippen molar-refractivity contribution in [2.24, 2.45) is 0 Å². The predicted octanol–water partition coefficient (Wildman–Crippen LogP) is 0.949. The molecule has 1 aromatic rings. The molecule has 1 aromatic carbocycles. The van der Waals surface area contributed by atoms with E-state index in [4.69, 9.17) is 5.11 Å². The summed E-state index contributed by atoms with van der Waals surface area (Å²) < 4.78 is 0. The molecule has 8 heteroatoms. The lowest BCUT2D eigenvalue weighted by Crippen LogP contribution is -2.42. The largest absolute Gasteiger partial charge is 0.480 e. The van der Waals surface area contributed by atoms with E-state index in [9.17, 15) is 19.2 Å². The number of anilines is 1. The Hall–Kier alpha value is -2.35. The first-order chi connectivity index (χ1) is 11.3. The number of amides is 3. The molecule has 3 amide bonds. The van der Waals surface area contributed by atoms with E-state index in [1.165, 1.54) is 6.92 Å². The molecule has 1 aliphatic heterocycles. The Morgan fingerprint density at radius 2 is 2.12 bits per heavy atom. The summed E-state index contributed by atoms with van der Waals surface area (Å²) in [6.07, 6.45) is 0.0177. The maximum atomic E-state index is 12.5. The van der Waals surface area contributed by atoms with Gasteiger partial charge in [0.2, 0.25) is 17.7 Å². The minimum atomic E-state index is -1.18. The zero-order chi connectivity index (χ0) is 17.9. The molecule has 2 N–H and O–H groups in total. The Balaban J connectivity index is 2.06. The third-order valence-corrected chi connectivity index (χ3v) is 4.80. The van der Waals surface area contributed by atoms with Crippen LogP contribution >= 0.6 is 11.8 Å². The van der Waals surface area contributed by atoms with Crippen molar-refractivity contribution in [2.75, 3.05) is 10.7 Å². The molecule has 24 heavy (non-hydrogen) atoms. The second-order valence-corrected chi connectivity index (χ2v) is 6.76. The van der Waals surface area contributed by atoms with Gasteiger partial charge in [0.05, 0.1) is 10.9 Å². The van der Waals surface area contributed by atoms with E-state index in [2.05, 4.69) is 5.32 Å². The van der Waals surface area contributed by atoms with Crippen molar-refractivity contribution >= 4 is 41.1 Å². The van der Waals surface area contributed by atoms with Crippen molar-refractivity contribution < 1.29 is 24.3 Å². The summed E-state index contributed by atoms with van der Waals surface area (Å²) in [7, 11) is 0. The molecule has 1 saturated heterocycles. The summed E-state index contributed by atoms with van der Waals surface area (Å²) in [5.41, 5.74) is 1.45. The Morgan fingerprint density at radius 1 is 1.42 bits per heavy atom. The first kappa shape index (κ1) is 18.0. The molecule has 128 valence electrons. The Labute approximate surface area is 143 Å². The second kappa shape index (κ2) is 7.48. The molecular formula is C16H18N2O5S. The highest BCUT2D eigenvalue weighted by Crippen LogP contribution is 2.30. The summed E-state index contributed by atoms with van der Waals surface area (Å²) in [6, 6.07) is 5.98. The number of aliphatic carboxylic acids is 1. The highest BCUT2D eigenvalue weighted by Gasteiger charge is 2.40. The lowest BCUT2D eigenvalue weighted by atomic mass is 10.2. The molecule has 1 heterocycles. The standard InChI is InChI=1S/C16H18N2O5S/c1-9-4-3-5-11(6-9)18-14(20)7-13(15(18)21)24-8-12(16(22)23)17-10(2)19/h3-6,12-13H,7-8H2,1-2H3,(H,17,19)(H,22,23)/t12-,13-/m0/s1. The van der Waals surface area contributed by atoms with Crippen LogP contribution in [0.5, 0.6) is 0 Å². The van der Waals surface area contributed by atoms with Crippen LogP contribution in [-0.2, 0) is 19.2 Å². The lowest BCUT2D eigenvalue weighted by molar-refractivity contribution is -0.140. The summed E-state index contributed by atoms with van der Waals surface area (Å²) >= 11 is 1.07. The number of thioether (sulfide) groups is 1. The number of benzene rings is 1. The average Bonchev–Trinajstić information content (AvgIpc) is 2.77. The van der Waals surface area contributed by atoms with Crippen molar-refractivity contribution in [1.82, 2.24) is 5.32 Å². The molecule has 0 aromatic heterocycles. The molecule has 0 unspecified atom stereocenters. The number of nitrogens with zero attached hydrogens (tertiary/aromatic N) is 1. The monoisotopic (exact) mass is 350 g/mol. The minimum Gasteiger partial charge on any atom is -0.480 e. The van der Waals surface area contributed by atoms with Gasteiger partial charge in [0.15, 0.2) is 0 Å². The number of carboxylic acid groups (broad SMARTS) is 1. The maximum absolute atomic E-state index is 12.5. The minimum absolute atomic E-state index is 0.0141. The summed E-state index contributed by atoms with van der Waals surface area (Å²) in [4.78, 5) is 47.9. The van der Waals surface area contributed by atoms with Crippen LogP contribution in [0.15, 0.2) is 24.3 Å². The van der Waals surface area contributed by atoms with E-state index in [-0.39, 0.29) is 24.0 Å². The summed E-state index contributed by atoms with van der Waals surface area (Å²) in [5, 5.41) is 10.7. The van der Waals surface area contributed by atoms with E-state index >= 15 is 0 Å². The van der Waals surface area contributed by atoms with Gasteiger partial charge in [-0.05, 0) is 24.6 Å². The maximum Gasteiger partial charge on any atom is 0.327 e. The third kappa shape index (κ3) is 4.14. The van der Waals surface area contributed by atoms with Gasteiger partial charge in [0, 0.05) is 19.1 Å². The van der Waals surface area contributed by atoms with Crippen LogP contribution < -0.4 is 10.2 Å². The highest BCUT2D eigenvalue weighted by molar-refractivity contribution is 8.00. The van der Waals surface area contributed by atoms with E-state index < -0.39 is 23.2 Å². The van der Waals surface area contributed by atoms with Crippen molar-refractivity contribution in [1.29, 1.82) is 0 Å². The SMILES string of the molecule is CC(=O)N[C@@H](CS[C@H]1CC(=O)N(c2cccc(C)c2)C1=O)C(=O)O. The van der Waals surface area contributed by atoms with Gasteiger partial charge in [-0.15, -0.1) is 11.8 Å². The normalized spacial score (nSPS) is 18.6.